The van der Waals surface area contributed by atoms with E-state index in [1.54, 1.807) is 18.5 Å². The predicted molar refractivity (Wildman–Crippen MR) is 155 cm³/mol. The fourth-order valence-corrected chi connectivity index (χ4v) is 6.04. The van der Waals surface area contributed by atoms with E-state index >= 15 is 0 Å². The molecule has 0 aliphatic heterocycles. The number of pyridine rings is 1. The molecule has 208 valence electrons. The molecule has 7 nitrogen and oxygen atoms in total. The predicted octanol–water partition coefficient (Wildman–Crippen LogP) is 5.73. The van der Waals surface area contributed by atoms with Gasteiger partial charge in [0.2, 0.25) is 17.5 Å². The highest BCUT2D eigenvalue weighted by molar-refractivity contribution is 6.53. The molecule has 0 radical (unpaired) electrons. The molecule has 3 aromatic rings. The van der Waals surface area contributed by atoms with Gasteiger partial charge in [-0.15, -0.1) is 0 Å². The van der Waals surface area contributed by atoms with Crippen molar-refractivity contribution in [2.75, 3.05) is 6.54 Å². The topological polar surface area (TPSA) is 101 Å². The second-order valence-electron chi connectivity index (χ2n) is 11.5. The minimum absolute atomic E-state index is 0.0149. The van der Waals surface area contributed by atoms with Crippen LogP contribution in [0, 0.1) is 6.92 Å². The van der Waals surface area contributed by atoms with Crippen molar-refractivity contribution in [2.45, 2.75) is 77.8 Å². The third-order valence-corrected chi connectivity index (χ3v) is 8.24. The van der Waals surface area contributed by atoms with Crippen LogP contribution in [0.25, 0.3) is 17.4 Å². The molecule has 2 aliphatic carbocycles. The van der Waals surface area contributed by atoms with Gasteiger partial charge in [0.25, 0.3) is 0 Å². The fraction of sp³-hybridized carbons (Fsp3) is 0.394. The number of aromatic nitrogens is 1. The largest absolute Gasteiger partial charge is 0.459 e. The van der Waals surface area contributed by atoms with E-state index in [0.29, 0.717) is 41.3 Å². The maximum atomic E-state index is 13.4. The van der Waals surface area contributed by atoms with E-state index < -0.39 is 11.6 Å². The first kappa shape index (κ1) is 27.7. The lowest BCUT2D eigenvalue weighted by Crippen LogP contribution is -2.40. The van der Waals surface area contributed by atoms with E-state index in [1.165, 1.54) is 6.08 Å². The summed E-state index contributed by atoms with van der Waals surface area (Å²) in [6.07, 6.45) is 11.3. The van der Waals surface area contributed by atoms with Crippen molar-refractivity contribution < 1.29 is 18.8 Å². The van der Waals surface area contributed by atoms with Crippen LogP contribution in [-0.4, -0.2) is 35.0 Å². The highest BCUT2D eigenvalue weighted by atomic mass is 16.3. The van der Waals surface area contributed by atoms with Crippen molar-refractivity contribution in [1.82, 2.24) is 15.6 Å². The van der Waals surface area contributed by atoms with Gasteiger partial charge >= 0.3 is 0 Å². The summed E-state index contributed by atoms with van der Waals surface area (Å²) < 4.78 is 6.33. The van der Waals surface area contributed by atoms with E-state index in [4.69, 9.17) is 4.42 Å². The lowest BCUT2D eigenvalue weighted by atomic mass is 9.69. The second-order valence-corrected chi connectivity index (χ2v) is 11.5. The molecule has 2 aromatic heterocycles. The molecule has 1 amide bonds. The van der Waals surface area contributed by atoms with Crippen molar-refractivity contribution in [3.8, 4) is 11.3 Å². The number of benzene rings is 1. The van der Waals surface area contributed by atoms with Crippen LogP contribution in [0.5, 0.6) is 0 Å². The molecule has 1 unspecified atom stereocenters. The van der Waals surface area contributed by atoms with Crippen molar-refractivity contribution in [3.63, 3.8) is 0 Å². The zero-order valence-electron chi connectivity index (χ0n) is 23.7. The van der Waals surface area contributed by atoms with Gasteiger partial charge in [0.1, 0.15) is 11.5 Å². The van der Waals surface area contributed by atoms with Gasteiger partial charge in [-0.05, 0) is 66.9 Å². The Hall–Kier alpha value is -3.84. The molecular weight excluding hydrogens is 502 g/mol. The molecule has 2 N–H and O–H groups in total. The van der Waals surface area contributed by atoms with Crippen molar-refractivity contribution in [2.24, 2.45) is 0 Å². The number of fused-ring (bicyclic) bond motifs is 5. The molecule has 40 heavy (non-hydrogen) atoms. The number of nitrogens with zero attached hydrogens (tertiary/aromatic N) is 1. The number of rotatable bonds is 9. The van der Waals surface area contributed by atoms with Gasteiger partial charge in [0.15, 0.2) is 0 Å². The van der Waals surface area contributed by atoms with Gasteiger partial charge in [0.05, 0.1) is 12.1 Å². The number of amides is 1. The number of ketones is 2. The molecule has 0 saturated carbocycles. The molecule has 2 heterocycles. The van der Waals surface area contributed by atoms with Gasteiger partial charge < -0.3 is 15.1 Å². The standard InChI is InChI=1S/C33H37N3O4/c1-5-8-22(18-36-27(37)14-11-21-9-7-16-34-17-21)35-19-26-20(2)28-30(38)31(39)29-23-10-6-15-33(3,4)25(23)13-12-24(29)32(28)40-26/h7,9,11-14,16-17,22,35H,5-6,8,10,15,18-19H2,1-4H3,(H,36,37)/b14-11+. The molecule has 1 atom stereocenters. The van der Waals surface area contributed by atoms with Crippen LogP contribution in [-0.2, 0) is 23.2 Å². The Morgan fingerprint density at radius 1 is 1.18 bits per heavy atom. The number of Topliss-reactive ketones (excluding diaryl/α,β-unsaturated/α-hetero) is 2. The average molecular weight is 540 g/mol. The number of carbonyl (C=O) groups is 3. The lowest BCUT2D eigenvalue weighted by Gasteiger charge is -2.34. The summed E-state index contributed by atoms with van der Waals surface area (Å²) in [4.78, 5) is 43.2. The number of carbonyl (C=O) groups excluding carboxylic acids is 3. The van der Waals surface area contributed by atoms with Crippen molar-refractivity contribution >= 4 is 23.5 Å². The summed E-state index contributed by atoms with van der Waals surface area (Å²) in [5, 5.41) is 6.45. The van der Waals surface area contributed by atoms with Gasteiger partial charge in [-0.3, -0.25) is 19.4 Å². The van der Waals surface area contributed by atoms with Crippen LogP contribution in [0.1, 0.15) is 95.2 Å². The zero-order valence-corrected chi connectivity index (χ0v) is 23.7. The van der Waals surface area contributed by atoms with E-state index in [1.807, 2.05) is 25.1 Å². The molecule has 1 aromatic carbocycles. The monoisotopic (exact) mass is 539 g/mol. The number of nitrogens with one attached hydrogen (secondary N) is 2. The Morgan fingerprint density at radius 3 is 2.73 bits per heavy atom. The Morgan fingerprint density at radius 2 is 1.98 bits per heavy atom. The van der Waals surface area contributed by atoms with Gasteiger partial charge in [0, 0.05) is 47.7 Å². The van der Waals surface area contributed by atoms with E-state index in [-0.39, 0.29) is 17.4 Å². The number of hydrogen-bond acceptors (Lipinski definition) is 6. The average Bonchev–Trinajstić information content (AvgIpc) is 3.28. The van der Waals surface area contributed by atoms with E-state index in [2.05, 4.69) is 42.5 Å². The third-order valence-electron chi connectivity index (χ3n) is 8.24. The molecule has 7 heteroatoms. The summed E-state index contributed by atoms with van der Waals surface area (Å²) in [7, 11) is 0. The summed E-state index contributed by atoms with van der Waals surface area (Å²) >= 11 is 0. The van der Waals surface area contributed by atoms with E-state index in [0.717, 1.165) is 54.4 Å². The highest BCUT2D eigenvalue weighted by Gasteiger charge is 2.40. The molecule has 0 spiro atoms. The van der Waals surface area contributed by atoms with Crippen LogP contribution < -0.4 is 10.6 Å². The summed E-state index contributed by atoms with van der Waals surface area (Å²) in [6.45, 7) is 9.18. The minimum atomic E-state index is -0.482. The molecule has 2 aliphatic rings. The van der Waals surface area contributed by atoms with Crippen LogP contribution in [0.15, 0.2) is 47.2 Å². The maximum Gasteiger partial charge on any atom is 0.244 e. The summed E-state index contributed by atoms with van der Waals surface area (Å²) in [5.74, 6) is 0.0569. The third kappa shape index (κ3) is 5.30. The number of furan rings is 1. The first-order valence-corrected chi connectivity index (χ1v) is 14.2. The first-order chi connectivity index (χ1) is 19.2. The Kier molecular flexibility index (Phi) is 7.86. The quantitative estimate of drug-likeness (QED) is 0.266. The smallest absolute Gasteiger partial charge is 0.244 e. The first-order valence-electron chi connectivity index (χ1n) is 14.2. The fourth-order valence-electron chi connectivity index (χ4n) is 6.04. The van der Waals surface area contributed by atoms with Crippen LogP contribution in [0.4, 0.5) is 0 Å². The van der Waals surface area contributed by atoms with Crippen molar-refractivity contribution in [3.05, 3.63) is 81.9 Å². The Labute approximate surface area is 235 Å². The molecule has 0 saturated heterocycles. The number of hydrogen-bond donors (Lipinski definition) is 2. The Balaban J connectivity index is 1.33. The Bertz CT molecular complexity index is 1480. The van der Waals surface area contributed by atoms with E-state index in [9.17, 15) is 14.4 Å². The second kappa shape index (κ2) is 11.3. The normalized spacial score (nSPS) is 16.4. The lowest BCUT2D eigenvalue weighted by molar-refractivity contribution is -0.116. The van der Waals surface area contributed by atoms with Crippen LogP contribution in [0.2, 0.25) is 0 Å². The zero-order chi connectivity index (χ0) is 28.4. The molecule has 5 rings (SSSR count). The van der Waals surface area contributed by atoms with Gasteiger partial charge in [-0.1, -0.05) is 45.4 Å². The minimum Gasteiger partial charge on any atom is -0.459 e. The maximum absolute atomic E-state index is 13.4. The highest BCUT2D eigenvalue weighted by Crippen LogP contribution is 2.45. The van der Waals surface area contributed by atoms with Crippen molar-refractivity contribution in [1.29, 1.82) is 0 Å². The summed E-state index contributed by atoms with van der Waals surface area (Å²) in [6, 6.07) is 7.79. The van der Waals surface area contributed by atoms with Gasteiger partial charge in [-0.2, -0.15) is 0 Å². The van der Waals surface area contributed by atoms with Crippen LogP contribution >= 0.6 is 0 Å². The SMILES string of the molecule is CCCC(CNC(=O)/C=C/c1cccnc1)NCc1oc2c(c1C)C(=O)C(=O)c1c-2ccc2c1CCCC2(C)C. The molecular formula is C33H37N3O4. The molecule has 0 fully saturated rings. The summed E-state index contributed by atoms with van der Waals surface area (Å²) in [5.41, 5.74) is 5.32. The van der Waals surface area contributed by atoms with Crippen LogP contribution in [0.3, 0.4) is 0 Å². The molecule has 0 bridgehead atoms. The van der Waals surface area contributed by atoms with Gasteiger partial charge in [-0.25, -0.2) is 0 Å².